The monoisotopic (exact) mass is 301 g/mol. The van der Waals surface area contributed by atoms with Crippen LogP contribution in [0.5, 0.6) is 0 Å². The van der Waals surface area contributed by atoms with Crippen LogP contribution in [0.25, 0.3) is 0 Å². The van der Waals surface area contributed by atoms with Gasteiger partial charge in [-0.05, 0) is 38.9 Å². The van der Waals surface area contributed by atoms with Gasteiger partial charge in [-0.3, -0.25) is 9.69 Å². The smallest absolute Gasteiger partial charge is 0.309 e. The van der Waals surface area contributed by atoms with Gasteiger partial charge in [0, 0.05) is 13.1 Å². The van der Waals surface area contributed by atoms with E-state index >= 15 is 0 Å². The van der Waals surface area contributed by atoms with Crippen molar-refractivity contribution in [2.24, 2.45) is 5.92 Å². The largest absolute Gasteiger partial charge is 0.466 e. The van der Waals surface area contributed by atoms with E-state index in [0.717, 1.165) is 41.6 Å². The van der Waals surface area contributed by atoms with Gasteiger partial charge in [0.1, 0.15) is 5.01 Å². The zero-order valence-electron chi connectivity index (χ0n) is 11.3. The Hall–Kier alpha value is -0.790. The van der Waals surface area contributed by atoms with E-state index in [4.69, 9.17) is 17.0 Å². The fourth-order valence-corrected chi connectivity index (χ4v) is 3.32. The fourth-order valence-electron chi connectivity index (χ4n) is 2.26. The summed E-state index contributed by atoms with van der Waals surface area (Å²) in [7, 11) is 0. The molecule has 1 saturated heterocycles. The van der Waals surface area contributed by atoms with Gasteiger partial charge in [0.25, 0.3) is 0 Å². The summed E-state index contributed by atoms with van der Waals surface area (Å²) in [5, 5.41) is 5.38. The molecule has 7 heteroatoms. The summed E-state index contributed by atoms with van der Waals surface area (Å²) in [4.78, 5) is 13.9. The van der Waals surface area contributed by atoms with Crippen molar-refractivity contribution >= 4 is 29.5 Å². The molecule has 5 nitrogen and oxygen atoms in total. The van der Waals surface area contributed by atoms with Crippen LogP contribution in [0.2, 0.25) is 0 Å². The van der Waals surface area contributed by atoms with Gasteiger partial charge in [0.05, 0.1) is 19.2 Å². The molecule has 106 valence electrons. The Morgan fingerprint density at radius 3 is 2.74 bits per heavy atom. The third-order valence-electron chi connectivity index (χ3n) is 3.25. The van der Waals surface area contributed by atoms with Crippen LogP contribution in [0.1, 0.15) is 24.8 Å². The van der Waals surface area contributed by atoms with E-state index in [9.17, 15) is 4.79 Å². The standard InChI is InChI=1S/C12H19N3O2S2/c1-3-17-11(16)10-4-6-14(7-5-10)8-15-12(18)19-9(2)13-15/h10H,3-8H2,1-2H3. The van der Waals surface area contributed by atoms with Crippen LogP contribution < -0.4 is 0 Å². The van der Waals surface area contributed by atoms with Gasteiger partial charge >= 0.3 is 5.97 Å². The molecule has 1 aliphatic heterocycles. The van der Waals surface area contributed by atoms with Crippen molar-refractivity contribution in [3.8, 4) is 0 Å². The first-order valence-electron chi connectivity index (χ1n) is 6.53. The number of aromatic nitrogens is 2. The number of aryl methyl sites for hydroxylation is 1. The maximum absolute atomic E-state index is 11.6. The van der Waals surface area contributed by atoms with E-state index < -0.39 is 0 Å². The third-order valence-corrected chi connectivity index (χ3v) is 4.47. The highest BCUT2D eigenvalue weighted by Crippen LogP contribution is 2.19. The number of carbonyl (C=O) groups excluding carboxylic acids is 1. The average Bonchev–Trinajstić information content (AvgIpc) is 2.69. The summed E-state index contributed by atoms with van der Waals surface area (Å²) >= 11 is 6.79. The van der Waals surface area contributed by atoms with E-state index in [-0.39, 0.29) is 11.9 Å². The molecule has 0 bridgehead atoms. The van der Waals surface area contributed by atoms with Crippen LogP contribution in [-0.2, 0) is 16.2 Å². The summed E-state index contributed by atoms with van der Waals surface area (Å²) < 4.78 is 7.74. The van der Waals surface area contributed by atoms with Crippen LogP contribution >= 0.6 is 23.6 Å². The van der Waals surface area contributed by atoms with Crippen molar-refractivity contribution in [2.45, 2.75) is 33.4 Å². The number of piperidine rings is 1. The topological polar surface area (TPSA) is 47.4 Å². The van der Waals surface area contributed by atoms with Crippen molar-refractivity contribution in [2.75, 3.05) is 19.7 Å². The SMILES string of the molecule is CCOC(=O)C1CCN(Cn2nc(C)sc2=S)CC1. The van der Waals surface area contributed by atoms with E-state index in [1.165, 1.54) is 11.3 Å². The van der Waals surface area contributed by atoms with Crippen LogP contribution in [0.15, 0.2) is 0 Å². The first-order valence-corrected chi connectivity index (χ1v) is 7.76. The zero-order chi connectivity index (χ0) is 13.8. The van der Waals surface area contributed by atoms with Gasteiger partial charge in [0.2, 0.25) is 0 Å². The van der Waals surface area contributed by atoms with Gasteiger partial charge in [-0.15, -0.1) is 0 Å². The highest BCUT2D eigenvalue weighted by Gasteiger charge is 2.26. The molecule has 0 aliphatic carbocycles. The first-order chi connectivity index (χ1) is 9.10. The lowest BCUT2D eigenvalue weighted by Gasteiger charge is -2.30. The number of nitrogens with zero attached hydrogens (tertiary/aromatic N) is 3. The van der Waals surface area contributed by atoms with E-state index in [1.807, 2.05) is 18.5 Å². The van der Waals surface area contributed by atoms with Gasteiger partial charge in [0.15, 0.2) is 3.95 Å². The highest BCUT2D eigenvalue weighted by molar-refractivity contribution is 7.73. The molecule has 0 amide bonds. The summed E-state index contributed by atoms with van der Waals surface area (Å²) in [5.74, 6) is 0.00426. The minimum atomic E-state index is -0.0525. The Balaban J connectivity index is 1.85. The molecule has 0 spiro atoms. The normalized spacial score (nSPS) is 17.6. The number of likely N-dealkylation sites (tertiary alicyclic amines) is 1. The predicted molar refractivity (Wildman–Crippen MR) is 76.6 cm³/mol. The molecule has 1 aromatic heterocycles. The Bertz CT molecular complexity index is 489. The molecule has 0 radical (unpaired) electrons. The Morgan fingerprint density at radius 1 is 1.53 bits per heavy atom. The maximum atomic E-state index is 11.6. The minimum absolute atomic E-state index is 0.0525. The number of hydrogen-bond donors (Lipinski definition) is 0. The molecule has 1 aromatic rings. The van der Waals surface area contributed by atoms with Gasteiger partial charge in [-0.2, -0.15) is 5.10 Å². The lowest BCUT2D eigenvalue weighted by Crippen LogP contribution is -2.38. The molecule has 2 rings (SSSR count). The Kier molecular flexibility index (Phi) is 5.06. The third kappa shape index (κ3) is 3.84. The van der Waals surface area contributed by atoms with Gasteiger partial charge < -0.3 is 4.74 Å². The first kappa shape index (κ1) is 14.6. The minimum Gasteiger partial charge on any atom is -0.466 e. The van der Waals surface area contributed by atoms with Gasteiger partial charge in [-0.25, -0.2) is 4.68 Å². The molecule has 2 heterocycles. The van der Waals surface area contributed by atoms with Crippen molar-refractivity contribution < 1.29 is 9.53 Å². The maximum Gasteiger partial charge on any atom is 0.309 e. The second-order valence-corrected chi connectivity index (χ2v) is 6.50. The Labute approximate surface area is 122 Å². The Morgan fingerprint density at radius 2 is 2.21 bits per heavy atom. The van der Waals surface area contributed by atoms with Crippen LogP contribution in [0, 0.1) is 16.8 Å². The number of esters is 1. The molecule has 0 atom stereocenters. The predicted octanol–water partition coefficient (Wildman–Crippen LogP) is 2.22. The van der Waals surface area contributed by atoms with E-state index in [1.54, 1.807) is 0 Å². The van der Waals surface area contributed by atoms with Crippen LogP contribution in [0.3, 0.4) is 0 Å². The number of carbonyl (C=O) groups is 1. The van der Waals surface area contributed by atoms with Crippen LogP contribution in [0.4, 0.5) is 0 Å². The second-order valence-electron chi connectivity index (χ2n) is 4.67. The quantitative estimate of drug-likeness (QED) is 0.630. The summed E-state index contributed by atoms with van der Waals surface area (Å²) in [6, 6.07) is 0. The van der Waals surface area contributed by atoms with Crippen LogP contribution in [-0.4, -0.2) is 40.3 Å². The van der Waals surface area contributed by atoms with Crippen molar-refractivity contribution in [3.05, 3.63) is 8.96 Å². The summed E-state index contributed by atoms with van der Waals surface area (Å²) in [6.45, 7) is 6.78. The van der Waals surface area contributed by atoms with Crippen molar-refractivity contribution in [3.63, 3.8) is 0 Å². The molecule has 0 saturated carbocycles. The fraction of sp³-hybridized carbons (Fsp3) is 0.750. The van der Waals surface area contributed by atoms with Gasteiger partial charge in [-0.1, -0.05) is 11.3 Å². The molecular weight excluding hydrogens is 282 g/mol. The number of hydrogen-bond acceptors (Lipinski definition) is 6. The molecule has 0 aromatic carbocycles. The molecule has 1 aliphatic rings. The summed E-state index contributed by atoms with van der Waals surface area (Å²) in [5.41, 5.74) is 0. The number of rotatable bonds is 4. The molecule has 19 heavy (non-hydrogen) atoms. The highest BCUT2D eigenvalue weighted by atomic mass is 32.1. The molecule has 1 fully saturated rings. The molecular formula is C12H19N3O2S2. The zero-order valence-corrected chi connectivity index (χ0v) is 12.9. The lowest BCUT2D eigenvalue weighted by atomic mass is 9.97. The molecule has 0 unspecified atom stereocenters. The lowest BCUT2D eigenvalue weighted by molar-refractivity contribution is -0.149. The van der Waals surface area contributed by atoms with E-state index in [2.05, 4.69) is 10.00 Å². The van der Waals surface area contributed by atoms with Crippen molar-refractivity contribution in [1.82, 2.24) is 14.7 Å². The second kappa shape index (κ2) is 6.58. The van der Waals surface area contributed by atoms with Crippen molar-refractivity contribution in [1.29, 1.82) is 0 Å². The molecule has 0 N–H and O–H groups in total. The number of ether oxygens (including phenoxy) is 1. The van der Waals surface area contributed by atoms with E-state index in [0.29, 0.717) is 6.61 Å². The average molecular weight is 301 g/mol. The summed E-state index contributed by atoms with van der Waals surface area (Å²) in [6.07, 6.45) is 1.71.